The molecule has 0 bridgehead atoms. The van der Waals surface area contributed by atoms with E-state index in [0.717, 1.165) is 6.42 Å². The Morgan fingerprint density at radius 1 is 1.41 bits per heavy atom. The number of halogens is 3. The van der Waals surface area contributed by atoms with Gasteiger partial charge in [0.2, 0.25) is 0 Å². The highest BCUT2D eigenvalue weighted by atomic mass is 32.2. The average Bonchev–Trinajstić information content (AvgIpc) is 2.18. The molecule has 0 aliphatic carbocycles. The van der Waals surface area contributed by atoms with Crippen LogP contribution in [0.1, 0.15) is 19.8 Å². The van der Waals surface area contributed by atoms with Crippen LogP contribution >= 0.6 is 0 Å². The number of nitrogens with one attached hydrogen (secondary N) is 1. The molecule has 1 N–H and O–H groups in total. The molecule has 0 aliphatic rings. The lowest BCUT2D eigenvalue weighted by atomic mass is 10.2. The SMILES string of the molecule is CC(CCS(C)=O)NCCCOCC(F)(F)F. The van der Waals surface area contributed by atoms with Crippen LogP contribution in [-0.2, 0) is 15.5 Å². The van der Waals surface area contributed by atoms with E-state index in [-0.39, 0.29) is 12.6 Å². The van der Waals surface area contributed by atoms with E-state index in [9.17, 15) is 17.4 Å². The molecule has 17 heavy (non-hydrogen) atoms. The van der Waals surface area contributed by atoms with Gasteiger partial charge in [0.25, 0.3) is 0 Å². The first-order valence-corrected chi connectivity index (χ1v) is 7.22. The van der Waals surface area contributed by atoms with Gasteiger partial charge in [-0.2, -0.15) is 13.2 Å². The van der Waals surface area contributed by atoms with Crippen molar-refractivity contribution in [1.29, 1.82) is 0 Å². The van der Waals surface area contributed by atoms with Crippen molar-refractivity contribution in [3.05, 3.63) is 0 Å². The quantitative estimate of drug-likeness (QED) is 0.651. The molecule has 2 atom stereocenters. The number of alkyl halides is 3. The predicted octanol–water partition coefficient (Wildman–Crippen LogP) is 1.70. The van der Waals surface area contributed by atoms with E-state index >= 15 is 0 Å². The molecule has 0 aromatic heterocycles. The number of hydrogen-bond acceptors (Lipinski definition) is 3. The fourth-order valence-electron chi connectivity index (χ4n) is 1.16. The molecule has 0 saturated carbocycles. The van der Waals surface area contributed by atoms with E-state index < -0.39 is 23.6 Å². The van der Waals surface area contributed by atoms with Crippen LogP contribution in [0, 0.1) is 0 Å². The second-order valence-electron chi connectivity index (χ2n) is 3.94. The van der Waals surface area contributed by atoms with Crippen molar-refractivity contribution in [2.45, 2.75) is 32.0 Å². The van der Waals surface area contributed by atoms with Gasteiger partial charge in [-0.05, 0) is 26.3 Å². The van der Waals surface area contributed by atoms with Gasteiger partial charge in [0.15, 0.2) is 0 Å². The van der Waals surface area contributed by atoms with Crippen molar-refractivity contribution < 1.29 is 22.1 Å². The summed E-state index contributed by atoms with van der Waals surface area (Å²) in [4.78, 5) is 0. The molecule has 7 heteroatoms. The minimum atomic E-state index is -4.24. The third kappa shape index (κ3) is 13.8. The van der Waals surface area contributed by atoms with E-state index in [0.29, 0.717) is 18.7 Å². The van der Waals surface area contributed by atoms with Crippen molar-refractivity contribution >= 4 is 10.8 Å². The molecule has 0 radical (unpaired) electrons. The van der Waals surface area contributed by atoms with Crippen LogP contribution < -0.4 is 5.32 Å². The van der Waals surface area contributed by atoms with E-state index in [2.05, 4.69) is 10.1 Å². The molecule has 104 valence electrons. The van der Waals surface area contributed by atoms with E-state index in [1.807, 2.05) is 6.92 Å². The fraction of sp³-hybridized carbons (Fsp3) is 1.00. The van der Waals surface area contributed by atoms with Gasteiger partial charge in [0.05, 0.1) is 0 Å². The highest BCUT2D eigenvalue weighted by Crippen LogP contribution is 2.14. The Balaban J connectivity index is 3.30. The second-order valence-corrected chi connectivity index (χ2v) is 5.50. The van der Waals surface area contributed by atoms with Gasteiger partial charge in [-0.25, -0.2) is 0 Å². The molecular formula is C10H20F3NO2S. The first-order valence-electron chi connectivity index (χ1n) is 5.49. The first kappa shape index (κ1) is 16.9. The van der Waals surface area contributed by atoms with Crippen molar-refractivity contribution in [1.82, 2.24) is 5.32 Å². The van der Waals surface area contributed by atoms with Gasteiger partial charge in [-0.3, -0.25) is 4.21 Å². The average molecular weight is 275 g/mol. The molecule has 0 spiro atoms. The lowest BCUT2D eigenvalue weighted by molar-refractivity contribution is -0.173. The molecule has 0 aromatic carbocycles. The van der Waals surface area contributed by atoms with Gasteiger partial charge < -0.3 is 10.1 Å². The van der Waals surface area contributed by atoms with Crippen LogP contribution in [0.3, 0.4) is 0 Å². The second kappa shape index (κ2) is 8.88. The summed E-state index contributed by atoms with van der Waals surface area (Å²) in [6, 6.07) is 0.224. The zero-order valence-corrected chi connectivity index (χ0v) is 11.0. The molecule has 0 fully saturated rings. The summed E-state index contributed by atoms with van der Waals surface area (Å²) in [5.74, 6) is 0.638. The van der Waals surface area contributed by atoms with E-state index in [1.54, 1.807) is 6.26 Å². The molecule has 0 aliphatic heterocycles. The molecule has 0 amide bonds. The molecule has 0 saturated heterocycles. The Morgan fingerprint density at radius 2 is 2.06 bits per heavy atom. The van der Waals surface area contributed by atoms with Gasteiger partial charge >= 0.3 is 6.18 Å². The Bertz CT molecular complexity index is 224. The summed E-state index contributed by atoms with van der Waals surface area (Å²) in [5.41, 5.74) is 0. The Morgan fingerprint density at radius 3 is 2.59 bits per heavy atom. The van der Waals surface area contributed by atoms with Crippen molar-refractivity contribution in [3.8, 4) is 0 Å². The number of rotatable bonds is 9. The summed E-state index contributed by atoms with van der Waals surface area (Å²) < 4.78 is 50.4. The first-order chi connectivity index (χ1) is 7.81. The van der Waals surface area contributed by atoms with Crippen LogP contribution in [-0.4, -0.2) is 48.2 Å². The molecule has 0 aromatic rings. The van der Waals surface area contributed by atoms with E-state index in [4.69, 9.17) is 0 Å². The molecule has 3 nitrogen and oxygen atoms in total. The molecule has 0 heterocycles. The predicted molar refractivity (Wildman–Crippen MR) is 62.5 cm³/mol. The summed E-state index contributed by atoms with van der Waals surface area (Å²) in [6.07, 6.45) is -1.26. The van der Waals surface area contributed by atoms with Crippen molar-refractivity contribution in [2.24, 2.45) is 0 Å². The normalized spacial score (nSPS) is 15.8. The topological polar surface area (TPSA) is 38.3 Å². The van der Waals surface area contributed by atoms with Crippen molar-refractivity contribution in [3.63, 3.8) is 0 Å². The Kier molecular flexibility index (Phi) is 8.81. The number of ether oxygens (including phenoxy) is 1. The highest BCUT2D eigenvalue weighted by Gasteiger charge is 2.27. The zero-order chi connectivity index (χ0) is 13.3. The highest BCUT2D eigenvalue weighted by molar-refractivity contribution is 7.84. The van der Waals surface area contributed by atoms with Gasteiger partial charge in [0, 0.05) is 35.5 Å². The third-order valence-corrected chi connectivity index (χ3v) is 2.87. The van der Waals surface area contributed by atoms with Crippen LogP contribution in [0.4, 0.5) is 13.2 Å². The number of hydrogen-bond donors (Lipinski definition) is 1. The Hall–Kier alpha value is -0.140. The molecular weight excluding hydrogens is 255 g/mol. The van der Waals surface area contributed by atoms with Crippen LogP contribution in [0.5, 0.6) is 0 Å². The minimum absolute atomic E-state index is 0.0962. The monoisotopic (exact) mass is 275 g/mol. The standard InChI is InChI=1S/C10H20F3NO2S/c1-9(4-7-17(2)15)14-5-3-6-16-8-10(11,12)13/h9,14H,3-8H2,1-2H3. The van der Waals surface area contributed by atoms with Crippen LogP contribution in [0.25, 0.3) is 0 Å². The third-order valence-electron chi connectivity index (χ3n) is 2.06. The van der Waals surface area contributed by atoms with Crippen LogP contribution in [0.15, 0.2) is 0 Å². The summed E-state index contributed by atoms with van der Waals surface area (Å²) >= 11 is 0. The van der Waals surface area contributed by atoms with Gasteiger partial charge in [-0.1, -0.05) is 0 Å². The maximum atomic E-state index is 11.7. The zero-order valence-electron chi connectivity index (χ0n) is 10.2. The van der Waals surface area contributed by atoms with Crippen molar-refractivity contribution in [2.75, 3.05) is 31.8 Å². The summed E-state index contributed by atoms with van der Waals surface area (Å²) in [7, 11) is -0.796. The molecule has 2 unspecified atom stereocenters. The maximum absolute atomic E-state index is 11.7. The lowest BCUT2D eigenvalue weighted by Crippen LogP contribution is -2.29. The summed E-state index contributed by atoms with van der Waals surface area (Å²) in [5, 5.41) is 3.14. The fourth-order valence-corrected chi connectivity index (χ4v) is 1.84. The minimum Gasteiger partial charge on any atom is -0.372 e. The maximum Gasteiger partial charge on any atom is 0.411 e. The Labute approximate surface area is 103 Å². The summed E-state index contributed by atoms with van der Waals surface area (Å²) in [6.45, 7) is 1.48. The van der Waals surface area contributed by atoms with Gasteiger partial charge in [-0.15, -0.1) is 0 Å². The lowest BCUT2D eigenvalue weighted by Gasteiger charge is -2.13. The molecule has 0 rings (SSSR count). The van der Waals surface area contributed by atoms with E-state index in [1.165, 1.54) is 0 Å². The van der Waals surface area contributed by atoms with Crippen LogP contribution in [0.2, 0.25) is 0 Å². The smallest absolute Gasteiger partial charge is 0.372 e. The van der Waals surface area contributed by atoms with Gasteiger partial charge in [0.1, 0.15) is 6.61 Å². The largest absolute Gasteiger partial charge is 0.411 e.